The summed E-state index contributed by atoms with van der Waals surface area (Å²) in [5.74, 6) is 2.76. The largest absolute Gasteiger partial charge is 0.493 e. The van der Waals surface area contributed by atoms with E-state index in [1.54, 1.807) is 0 Å². The Labute approximate surface area is 163 Å². The van der Waals surface area contributed by atoms with E-state index in [1.807, 2.05) is 0 Å². The molecule has 0 N–H and O–H groups in total. The zero-order valence-electron chi connectivity index (χ0n) is 16.4. The van der Waals surface area contributed by atoms with Crippen LogP contribution < -0.4 is 9.47 Å². The number of benzene rings is 2. The van der Waals surface area contributed by atoms with E-state index in [9.17, 15) is 0 Å². The van der Waals surface area contributed by atoms with Gasteiger partial charge in [-0.15, -0.1) is 11.6 Å². The molecule has 0 atom stereocenters. The fourth-order valence-corrected chi connectivity index (χ4v) is 3.35. The third kappa shape index (κ3) is 6.39. The molecule has 0 spiro atoms. The van der Waals surface area contributed by atoms with Gasteiger partial charge in [-0.3, -0.25) is 0 Å². The van der Waals surface area contributed by atoms with Crippen LogP contribution in [0.2, 0.25) is 0 Å². The van der Waals surface area contributed by atoms with Gasteiger partial charge in [-0.25, -0.2) is 0 Å². The highest BCUT2D eigenvalue weighted by molar-refractivity contribution is 6.17. The van der Waals surface area contributed by atoms with Crippen LogP contribution in [0, 0.1) is 6.92 Å². The molecule has 2 rings (SSSR count). The molecular weight excluding hydrogens is 344 g/mol. The first-order valence-electron chi connectivity index (χ1n) is 10.1. The normalized spacial score (nSPS) is 11.0. The first kappa shape index (κ1) is 20.9. The lowest BCUT2D eigenvalue weighted by atomic mass is 10.0. The van der Waals surface area contributed by atoms with Gasteiger partial charge >= 0.3 is 0 Å². The van der Waals surface area contributed by atoms with E-state index in [0.29, 0.717) is 0 Å². The van der Waals surface area contributed by atoms with E-state index < -0.39 is 0 Å². The lowest BCUT2D eigenvalue weighted by Gasteiger charge is -2.16. The average Bonchev–Trinajstić information content (AvgIpc) is 2.66. The van der Waals surface area contributed by atoms with Crippen LogP contribution in [0.4, 0.5) is 0 Å². The average molecular weight is 377 g/mol. The van der Waals surface area contributed by atoms with Gasteiger partial charge in [0.2, 0.25) is 0 Å². The lowest BCUT2D eigenvalue weighted by molar-refractivity contribution is 0.302. The molecule has 0 aliphatic heterocycles. The van der Waals surface area contributed by atoms with Gasteiger partial charge in [0, 0.05) is 16.7 Å². The molecule has 0 heterocycles. The van der Waals surface area contributed by atoms with Crippen molar-refractivity contribution in [1.29, 1.82) is 0 Å². The highest BCUT2D eigenvalue weighted by Crippen LogP contribution is 2.36. The van der Waals surface area contributed by atoms with Crippen molar-refractivity contribution in [2.75, 3.05) is 19.1 Å². The zero-order valence-corrected chi connectivity index (χ0v) is 17.1. The molecule has 0 saturated carbocycles. The molecule has 2 nitrogen and oxygen atoms in total. The van der Waals surface area contributed by atoms with E-state index in [2.05, 4.69) is 44.2 Å². The Kier molecular flexibility index (Phi) is 9.70. The maximum absolute atomic E-state index is 6.13. The van der Waals surface area contributed by atoms with Gasteiger partial charge in [0.25, 0.3) is 0 Å². The summed E-state index contributed by atoms with van der Waals surface area (Å²) in [6.07, 6.45) is 9.47. The molecule has 0 saturated heterocycles. The summed E-state index contributed by atoms with van der Waals surface area (Å²) < 4.78 is 12.2. The zero-order chi connectivity index (χ0) is 18.6. The van der Waals surface area contributed by atoms with Crippen molar-refractivity contribution >= 4 is 22.4 Å². The van der Waals surface area contributed by atoms with Crippen LogP contribution in [-0.2, 0) is 0 Å². The molecule has 26 heavy (non-hydrogen) atoms. The van der Waals surface area contributed by atoms with E-state index in [4.69, 9.17) is 21.1 Å². The molecule has 0 aliphatic carbocycles. The molecule has 144 valence electrons. The topological polar surface area (TPSA) is 18.5 Å². The Morgan fingerprint density at radius 3 is 2.19 bits per heavy atom. The van der Waals surface area contributed by atoms with Gasteiger partial charge in [-0.05, 0) is 37.8 Å². The standard InChI is InChI=1S/C23H33ClO2/c1-3-4-16-26-23-19(2)18-22(20-13-9-10-14-21(20)23)25-17-12-8-6-5-7-11-15-24/h9-10,13-14,18H,3-8,11-12,15-17H2,1-2H3. The molecule has 0 amide bonds. The molecule has 0 aromatic heterocycles. The monoisotopic (exact) mass is 376 g/mol. The number of alkyl halides is 1. The van der Waals surface area contributed by atoms with E-state index in [-0.39, 0.29) is 0 Å². The summed E-state index contributed by atoms with van der Waals surface area (Å²) in [4.78, 5) is 0. The van der Waals surface area contributed by atoms with Crippen LogP contribution in [0.3, 0.4) is 0 Å². The highest BCUT2D eigenvalue weighted by atomic mass is 35.5. The minimum atomic E-state index is 0.769. The quantitative estimate of drug-likeness (QED) is 0.270. The van der Waals surface area contributed by atoms with Gasteiger partial charge in [0.15, 0.2) is 0 Å². The Hall–Kier alpha value is -1.41. The van der Waals surface area contributed by atoms with Crippen LogP contribution in [0.5, 0.6) is 11.5 Å². The number of rotatable bonds is 13. The van der Waals surface area contributed by atoms with E-state index in [0.717, 1.165) is 72.6 Å². The predicted octanol–water partition coefficient (Wildman–Crippen LogP) is 7.29. The third-order valence-corrected chi connectivity index (χ3v) is 4.94. The van der Waals surface area contributed by atoms with Crippen LogP contribution >= 0.6 is 11.6 Å². The van der Waals surface area contributed by atoms with Crippen LogP contribution in [0.1, 0.15) is 63.9 Å². The molecule has 2 aromatic rings. The summed E-state index contributed by atoms with van der Waals surface area (Å²) in [6.45, 7) is 5.83. The minimum absolute atomic E-state index is 0.769. The summed E-state index contributed by atoms with van der Waals surface area (Å²) in [5.41, 5.74) is 1.15. The molecular formula is C23H33ClO2. The van der Waals surface area contributed by atoms with Crippen molar-refractivity contribution in [3.63, 3.8) is 0 Å². The molecule has 0 aliphatic rings. The van der Waals surface area contributed by atoms with E-state index in [1.165, 1.54) is 25.7 Å². The first-order chi connectivity index (χ1) is 12.8. The molecule has 0 bridgehead atoms. The second-order valence-electron chi connectivity index (χ2n) is 6.93. The lowest BCUT2D eigenvalue weighted by Crippen LogP contribution is -2.02. The molecule has 0 fully saturated rings. The number of unbranched alkanes of at least 4 members (excludes halogenated alkanes) is 6. The fraction of sp³-hybridized carbons (Fsp3) is 0.565. The number of aryl methyl sites for hydroxylation is 1. The maximum atomic E-state index is 6.13. The molecule has 3 heteroatoms. The second kappa shape index (κ2) is 12.1. The van der Waals surface area contributed by atoms with Gasteiger partial charge in [0.05, 0.1) is 13.2 Å². The maximum Gasteiger partial charge on any atom is 0.130 e. The highest BCUT2D eigenvalue weighted by Gasteiger charge is 2.11. The van der Waals surface area contributed by atoms with Gasteiger partial charge in [-0.2, -0.15) is 0 Å². The SMILES string of the molecule is CCCCOc1c(C)cc(OCCCCCCCCCl)c2ccccc12. The third-order valence-electron chi connectivity index (χ3n) is 4.67. The number of hydrogen-bond donors (Lipinski definition) is 0. The second-order valence-corrected chi connectivity index (χ2v) is 7.31. The van der Waals surface area contributed by atoms with Crippen molar-refractivity contribution in [2.45, 2.75) is 65.2 Å². The number of ether oxygens (including phenoxy) is 2. The van der Waals surface area contributed by atoms with E-state index >= 15 is 0 Å². The summed E-state index contributed by atoms with van der Waals surface area (Å²) in [5, 5.41) is 2.30. The number of fused-ring (bicyclic) bond motifs is 1. The Morgan fingerprint density at radius 1 is 0.808 bits per heavy atom. The summed E-state index contributed by atoms with van der Waals surface area (Å²) >= 11 is 5.71. The van der Waals surface area contributed by atoms with Crippen LogP contribution in [0.15, 0.2) is 30.3 Å². The molecule has 0 radical (unpaired) electrons. The van der Waals surface area contributed by atoms with Crippen LogP contribution in [0.25, 0.3) is 10.8 Å². The Bertz CT molecular complexity index is 654. The first-order valence-corrected chi connectivity index (χ1v) is 10.6. The van der Waals surface area contributed by atoms with Crippen molar-refractivity contribution in [2.24, 2.45) is 0 Å². The van der Waals surface area contributed by atoms with Gasteiger partial charge in [-0.1, -0.05) is 63.3 Å². The predicted molar refractivity (Wildman–Crippen MR) is 113 cm³/mol. The summed E-state index contributed by atoms with van der Waals surface area (Å²) in [6, 6.07) is 10.5. The number of halogens is 1. The summed E-state index contributed by atoms with van der Waals surface area (Å²) in [7, 11) is 0. The fourth-order valence-electron chi connectivity index (χ4n) is 3.16. The minimum Gasteiger partial charge on any atom is -0.493 e. The van der Waals surface area contributed by atoms with Crippen molar-refractivity contribution in [3.8, 4) is 11.5 Å². The molecule has 0 unspecified atom stereocenters. The Balaban J connectivity index is 1.94. The van der Waals surface area contributed by atoms with Gasteiger partial charge in [0.1, 0.15) is 11.5 Å². The van der Waals surface area contributed by atoms with Crippen LogP contribution in [-0.4, -0.2) is 19.1 Å². The van der Waals surface area contributed by atoms with Crippen molar-refractivity contribution < 1.29 is 9.47 Å². The molecule has 2 aromatic carbocycles. The smallest absolute Gasteiger partial charge is 0.130 e. The van der Waals surface area contributed by atoms with Crippen molar-refractivity contribution in [1.82, 2.24) is 0 Å². The number of hydrogen-bond acceptors (Lipinski definition) is 2. The van der Waals surface area contributed by atoms with Crippen molar-refractivity contribution in [3.05, 3.63) is 35.9 Å². The Morgan fingerprint density at radius 2 is 1.46 bits per heavy atom. The van der Waals surface area contributed by atoms with Gasteiger partial charge < -0.3 is 9.47 Å².